The number of hydrogen-bond acceptors (Lipinski definition) is 3. The van der Waals surface area contributed by atoms with Crippen LogP contribution in [0.1, 0.15) is 44.2 Å². The van der Waals surface area contributed by atoms with Crippen molar-refractivity contribution in [2.75, 3.05) is 13.2 Å². The minimum atomic E-state index is 0.0967. The monoisotopic (exact) mass is 249 g/mol. The van der Waals surface area contributed by atoms with Crippen LogP contribution in [0.3, 0.4) is 0 Å². The molecule has 1 aromatic carbocycles. The predicted octanol–water partition coefficient (Wildman–Crippen LogP) is 3.04. The Bertz CT molecular complexity index is 361. The number of hydrogen-bond donors (Lipinski definition) is 1. The van der Waals surface area contributed by atoms with Crippen LogP contribution in [0, 0.1) is 0 Å². The summed E-state index contributed by atoms with van der Waals surface area (Å²) in [5, 5.41) is 0. The van der Waals surface area contributed by atoms with Gasteiger partial charge in [-0.1, -0.05) is 19.1 Å². The van der Waals surface area contributed by atoms with Crippen LogP contribution in [-0.2, 0) is 4.74 Å². The van der Waals surface area contributed by atoms with Crippen LogP contribution in [0.15, 0.2) is 24.3 Å². The third-order valence-corrected chi connectivity index (χ3v) is 3.44. The van der Waals surface area contributed by atoms with E-state index in [0.29, 0.717) is 6.61 Å². The maximum absolute atomic E-state index is 6.02. The van der Waals surface area contributed by atoms with Crippen molar-refractivity contribution in [1.29, 1.82) is 0 Å². The van der Waals surface area contributed by atoms with Crippen LogP contribution in [0.4, 0.5) is 0 Å². The van der Waals surface area contributed by atoms with Crippen LogP contribution in [-0.4, -0.2) is 19.3 Å². The van der Waals surface area contributed by atoms with Crippen molar-refractivity contribution in [2.24, 2.45) is 5.73 Å². The summed E-state index contributed by atoms with van der Waals surface area (Å²) in [6.07, 6.45) is 4.72. The number of ether oxygens (including phenoxy) is 2. The van der Waals surface area contributed by atoms with E-state index in [1.807, 2.05) is 18.2 Å². The maximum atomic E-state index is 6.02. The van der Waals surface area contributed by atoms with Gasteiger partial charge in [0.05, 0.1) is 6.10 Å². The van der Waals surface area contributed by atoms with Gasteiger partial charge in [0.15, 0.2) is 0 Å². The van der Waals surface area contributed by atoms with Gasteiger partial charge in [-0.25, -0.2) is 0 Å². The fraction of sp³-hybridized carbons (Fsp3) is 0.600. The average molecular weight is 249 g/mol. The van der Waals surface area contributed by atoms with Gasteiger partial charge in [-0.2, -0.15) is 0 Å². The van der Waals surface area contributed by atoms with Gasteiger partial charge in [0.25, 0.3) is 0 Å². The van der Waals surface area contributed by atoms with Gasteiger partial charge in [-0.05, 0) is 43.4 Å². The number of benzene rings is 1. The lowest BCUT2D eigenvalue weighted by molar-refractivity contribution is -0.0110. The molecule has 1 fully saturated rings. The van der Waals surface area contributed by atoms with Crippen LogP contribution < -0.4 is 10.5 Å². The largest absolute Gasteiger partial charge is 0.491 e. The van der Waals surface area contributed by atoms with E-state index < -0.39 is 0 Å². The van der Waals surface area contributed by atoms with E-state index in [1.54, 1.807) is 0 Å². The van der Waals surface area contributed by atoms with Gasteiger partial charge in [-0.3, -0.25) is 0 Å². The molecule has 3 heteroatoms. The van der Waals surface area contributed by atoms with Gasteiger partial charge >= 0.3 is 0 Å². The smallest absolute Gasteiger partial charge is 0.119 e. The van der Waals surface area contributed by atoms with Gasteiger partial charge in [0, 0.05) is 12.6 Å². The fourth-order valence-corrected chi connectivity index (χ4v) is 2.20. The zero-order valence-electron chi connectivity index (χ0n) is 11.1. The third kappa shape index (κ3) is 3.72. The Balaban J connectivity index is 1.88. The first-order valence-electron chi connectivity index (χ1n) is 6.89. The maximum Gasteiger partial charge on any atom is 0.119 e. The number of nitrogens with two attached hydrogens (primary N) is 1. The lowest BCUT2D eigenvalue weighted by Crippen LogP contribution is -2.25. The first-order chi connectivity index (χ1) is 8.79. The van der Waals surface area contributed by atoms with Gasteiger partial charge in [-0.15, -0.1) is 0 Å². The molecule has 0 saturated carbocycles. The number of rotatable bonds is 5. The summed E-state index contributed by atoms with van der Waals surface area (Å²) in [6, 6.07) is 8.17. The third-order valence-electron chi connectivity index (χ3n) is 3.44. The lowest BCUT2D eigenvalue weighted by atomic mass is 10.1. The second-order valence-corrected chi connectivity index (χ2v) is 4.89. The molecule has 1 heterocycles. The normalized spacial score (nSPS) is 21.6. The second kappa shape index (κ2) is 6.76. The molecule has 18 heavy (non-hydrogen) atoms. The van der Waals surface area contributed by atoms with Crippen molar-refractivity contribution in [3.63, 3.8) is 0 Å². The Labute approximate surface area is 109 Å². The van der Waals surface area contributed by atoms with Crippen LogP contribution >= 0.6 is 0 Å². The topological polar surface area (TPSA) is 44.5 Å². The van der Waals surface area contributed by atoms with E-state index >= 15 is 0 Å². The Morgan fingerprint density at radius 2 is 2.33 bits per heavy atom. The first-order valence-corrected chi connectivity index (χ1v) is 6.89. The molecule has 0 spiro atoms. The van der Waals surface area contributed by atoms with Crippen LogP contribution in [0.5, 0.6) is 5.75 Å². The molecule has 0 amide bonds. The molecule has 2 unspecified atom stereocenters. The van der Waals surface area contributed by atoms with Gasteiger partial charge < -0.3 is 15.2 Å². The second-order valence-electron chi connectivity index (χ2n) is 4.89. The standard InChI is InChI=1S/C15H23NO2/c1-2-15(16)12-6-5-8-13(10-12)18-11-14-7-3-4-9-17-14/h5-6,8,10,14-15H,2-4,7,9,11,16H2,1H3. The first kappa shape index (κ1) is 13.4. The molecule has 0 bridgehead atoms. The van der Waals surface area contributed by atoms with E-state index in [-0.39, 0.29) is 12.1 Å². The Morgan fingerprint density at radius 1 is 1.44 bits per heavy atom. The van der Waals surface area contributed by atoms with Crippen LogP contribution in [0.2, 0.25) is 0 Å². The van der Waals surface area contributed by atoms with Crippen molar-refractivity contribution in [3.05, 3.63) is 29.8 Å². The zero-order valence-corrected chi connectivity index (χ0v) is 11.1. The minimum absolute atomic E-state index is 0.0967. The average Bonchev–Trinajstić information content (AvgIpc) is 2.45. The summed E-state index contributed by atoms with van der Waals surface area (Å²) in [5.74, 6) is 0.894. The van der Waals surface area contributed by atoms with E-state index in [4.69, 9.17) is 15.2 Å². The summed E-state index contributed by atoms with van der Waals surface area (Å²) < 4.78 is 11.4. The van der Waals surface area contributed by atoms with Gasteiger partial charge in [0.2, 0.25) is 0 Å². The predicted molar refractivity (Wildman–Crippen MR) is 72.7 cm³/mol. The van der Waals surface area contributed by atoms with Crippen molar-refractivity contribution in [3.8, 4) is 5.75 Å². The highest BCUT2D eigenvalue weighted by atomic mass is 16.5. The highest BCUT2D eigenvalue weighted by molar-refractivity contribution is 5.30. The summed E-state index contributed by atoms with van der Waals surface area (Å²) in [5.41, 5.74) is 7.16. The molecular weight excluding hydrogens is 226 g/mol. The molecule has 0 aliphatic carbocycles. The molecule has 1 aliphatic rings. The Hall–Kier alpha value is -1.06. The van der Waals surface area contributed by atoms with Gasteiger partial charge in [0.1, 0.15) is 12.4 Å². The van der Waals surface area contributed by atoms with Crippen molar-refractivity contribution in [1.82, 2.24) is 0 Å². The molecule has 100 valence electrons. The molecule has 2 N–H and O–H groups in total. The molecule has 2 atom stereocenters. The van der Waals surface area contributed by atoms with Crippen LogP contribution in [0.25, 0.3) is 0 Å². The molecule has 1 saturated heterocycles. The highest BCUT2D eigenvalue weighted by Crippen LogP contribution is 2.21. The quantitative estimate of drug-likeness (QED) is 0.872. The van der Waals surface area contributed by atoms with E-state index in [0.717, 1.165) is 30.8 Å². The zero-order chi connectivity index (χ0) is 12.8. The molecule has 3 nitrogen and oxygen atoms in total. The van der Waals surface area contributed by atoms with Crippen molar-refractivity contribution < 1.29 is 9.47 Å². The van der Waals surface area contributed by atoms with Crippen molar-refractivity contribution in [2.45, 2.75) is 44.8 Å². The summed E-state index contributed by atoms with van der Waals surface area (Å²) in [4.78, 5) is 0. The Morgan fingerprint density at radius 3 is 3.06 bits per heavy atom. The van der Waals surface area contributed by atoms with E-state index in [2.05, 4.69) is 13.0 Å². The van der Waals surface area contributed by atoms with Crippen molar-refractivity contribution >= 4 is 0 Å². The highest BCUT2D eigenvalue weighted by Gasteiger charge is 2.14. The fourth-order valence-electron chi connectivity index (χ4n) is 2.20. The summed E-state index contributed by atoms with van der Waals surface area (Å²) in [6.45, 7) is 3.60. The minimum Gasteiger partial charge on any atom is -0.491 e. The lowest BCUT2D eigenvalue weighted by Gasteiger charge is -2.22. The summed E-state index contributed by atoms with van der Waals surface area (Å²) >= 11 is 0. The molecule has 1 aromatic rings. The molecule has 0 aromatic heterocycles. The molecule has 2 rings (SSSR count). The SMILES string of the molecule is CCC(N)c1cccc(OCC2CCCCO2)c1. The summed E-state index contributed by atoms with van der Waals surface area (Å²) in [7, 11) is 0. The van der Waals surface area contributed by atoms with E-state index in [9.17, 15) is 0 Å². The van der Waals surface area contributed by atoms with E-state index in [1.165, 1.54) is 12.8 Å². The molecule has 0 radical (unpaired) electrons. The molecular formula is C15H23NO2. The Kier molecular flexibility index (Phi) is 5.02. The molecule has 1 aliphatic heterocycles.